The summed E-state index contributed by atoms with van der Waals surface area (Å²) in [5, 5.41) is 0. The van der Waals surface area contributed by atoms with Gasteiger partial charge in [-0.2, -0.15) is 0 Å². The molecule has 0 N–H and O–H groups in total. The topological polar surface area (TPSA) is 0 Å². The van der Waals surface area contributed by atoms with Crippen molar-refractivity contribution in [3.63, 3.8) is 0 Å². The van der Waals surface area contributed by atoms with Crippen LogP contribution in [0.4, 0.5) is 0 Å². The predicted molar refractivity (Wildman–Crippen MR) is 70.5 cm³/mol. The summed E-state index contributed by atoms with van der Waals surface area (Å²) in [4.78, 5) is 0. The Labute approximate surface area is 96.6 Å². The Kier molecular flexibility index (Phi) is 8.93. The number of hydrogen-bond acceptors (Lipinski definition) is 0. The van der Waals surface area contributed by atoms with Gasteiger partial charge in [-0.1, -0.05) is 67.2 Å². The molecule has 2 unspecified atom stereocenters. The summed E-state index contributed by atoms with van der Waals surface area (Å²) in [6.07, 6.45) is 12.8. The van der Waals surface area contributed by atoms with Crippen LogP contribution < -0.4 is 0 Å². The van der Waals surface area contributed by atoms with Crippen molar-refractivity contribution in [2.45, 2.75) is 44.0 Å². The standard InChI is InChI=1S/C12H21I/c1-4-6-7-9-11(3)10-12(13)8-5-2/h5,7-9,11-12H,4,6,10H2,1-3H3/b8-5-,9-7-. The van der Waals surface area contributed by atoms with E-state index in [-0.39, 0.29) is 0 Å². The monoisotopic (exact) mass is 292 g/mol. The predicted octanol–water partition coefficient (Wildman–Crippen LogP) is 4.75. The molecule has 76 valence electrons. The molecule has 0 heterocycles. The number of allylic oxidation sites excluding steroid dienone is 4. The van der Waals surface area contributed by atoms with Gasteiger partial charge in [0.15, 0.2) is 0 Å². The molecule has 0 aromatic heterocycles. The van der Waals surface area contributed by atoms with Crippen molar-refractivity contribution in [3.8, 4) is 0 Å². The van der Waals surface area contributed by atoms with Gasteiger partial charge in [-0.3, -0.25) is 0 Å². The number of unbranched alkanes of at least 4 members (excludes halogenated alkanes) is 1. The van der Waals surface area contributed by atoms with E-state index in [2.05, 4.69) is 67.7 Å². The minimum absolute atomic E-state index is 0.684. The van der Waals surface area contributed by atoms with Crippen LogP contribution in [0.2, 0.25) is 0 Å². The normalized spacial score (nSPS) is 16.9. The molecule has 0 spiro atoms. The third-order valence-corrected chi connectivity index (χ3v) is 2.84. The van der Waals surface area contributed by atoms with Crippen molar-refractivity contribution >= 4 is 22.6 Å². The molecular formula is C12H21I. The Bertz CT molecular complexity index is 159. The maximum Gasteiger partial charge on any atom is 0.0294 e. The van der Waals surface area contributed by atoms with Gasteiger partial charge in [-0.25, -0.2) is 0 Å². The van der Waals surface area contributed by atoms with Crippen molar-refractivity contribution < 1.29 is 0 Å². The van der Waals surface area contributed by atoms with Crippen LogP contribution in [0.25, 0.3) is 0 Å². The van der Waals surface area contributed by atoms with E-state index in [1.54, 1.807) is 0 Å². The molecule has 0 rings (SSSR count). The van der Waals surface area contributed by atoms with E-state index in [9.17, 15) is 0 Å². The maximum atomic E-state index is 2.50. The van der Waals surface area contributed by atoms with Crippen LogP contribution >= 0.6 is 22.6 Å². The fraction of sp³-hybridized carbons (Fsp3) is 0.667. The second kappa shape index (κ2) is 8.79. The summed E-state index contributed by atoms with van der Waals surface area (Å²) in [5.74, 6) is 0.713. The molecule has 0 aromatic carbocycles. The lowest BCUT2D eigenvalue weighted by molar-refractivity contribution is 0.672. The second-order valence-electron chi connectivity index (χ2n) is 3.47. The van der Waals surface area contributed by atoms with E-state index < -0.39 is 0 Å². The molecule has 0 aliphatic rings. The lowest BCUT2D eigenvalue weighted by Crippen LogP contribution is -1.99. The summed E-state index contributed by atoms with van der Waals surface area (Å²) in [6, 6.07) is 0. The molecule has 0 amide bonds. The molecule has 2 atom stereocenters. The SMILES string of the molecule is C/C=C\C(I)CC(C)/C=C\CCC. The second-order valence-corrected chi connectivity index (χ2v) is 5.07. The van der Waals surface area contributed by atoms with Gasteiger partial charge in [-0.15, -0.1) is 0 Å². The number of rotatable bonds is 6. The van der Waals surface area contributed by atoms with Gasteiger partial charge in [0.1, 0.15) is 0 Å². The number of alkyl halides is 1. The fourth-order valence-electron chi connectivity index (χ4n) is 1.22. The highest BCUT2D eigenvalue weighted by atomic mass is 127. The van der Waals surface area contributed by atoms with Crippen molar-refractivity contribution in [3.05, 3.63) is 24.3 Å². The Balaban J connectivity index is 3.66. The molecule has 1 heteroatoms. The molecular weight excluding hydrogens is 271 g/mol. The lowest BCUT2D eigenvalue weighted by Gasteiger charge is -2.08. The maximum absolute atomic E-state index is 2.50. The quantitative estimate of drug-likeness (QED) is 0.376. The molecule has 0 radical (unpaired) electrons. The van der Waals surface area contributed by atoms with E-state index in [1.807, 2.05) is 0 Å². The molecule has 0 aliphatic carbocycles. The highest BCUT2D eigenvalue weighted by molar-refractivity contribution is 14.1. The highest BCUT2D eigenvalue weighted by Crippen LogP contribution is 2.16. The first-order chi connectivity index (χ1) is 6.20. The summed E-state index contributed by atoms with van der Waals surface area (Å²) in [7, 11) is 0. The summed E-state index contributed by atoms with van der Waals surface area (Å²) in [6.45, 7) is 6.60. The molecule has 0 fully saturated rings. The van der Waals surface area contributed by atoms with Crippen molar-refractivity contribution in [2.75, 3.05) is 0 Å². The van der Waals surface area contributed by atoms with Crippen LogP contribution in [-0.2, 0) is 0 Å². The van der Waals surface area contributed by atoms with Crippen LogP contribution in [0.3, 0.4) is 0 Å². The van der Waals surface area contributed by atoms with E-state index in [0.717, 1.165) is 0 Å². The highest BCUT2D eigenvalue weighted by Gasteiger charge is 2.03. The van der Waals surface area contributed by atoms with Crippen LogP contribution in [0.1, 0.15) is 40.0 Å². The zero-order chi connectivity index (χ0) is 10.1. The average molecular weight is 292 g/mol. The molecule has 0 saturated heterocycles. The van der Waals surface area contributed by atoms with Gasteiger partial charge < -0.3 is 0 Å². The first-order valence-electron chi connectivity index (χ1n) is 5.14. The van der Waals surface area contributed by atoms with Crippen LogP contribution in [0.15, 0.2) is 24.3 Å². The summed E-state index contributed by atoms with van der Waals surface area (Å²) >= 11 is 2.50. The van der Waals surface area contributed by atoms with E-state index >= 15 is 0 Å². The first-order valence-corrected chi connectivity index (χ1v) is 6.38. The molecule has 0 saturated carbocycles. The number of hydrogen-bond donors (Lipinski definition) is 0. The zero-order valence-electron chi connectivity index (χ0n) is 8.96. The van der Waals surface area contributed by atoms with Crippen molar-refractivity contribution in [2.24, 2.45) is 5.92 Å². The van der Waals surface area contributed by atoms with Gasteiger partial charge in [0.25, 0.3) is 0 Å². The minimum Gasteiger partial charge on any atom is -0.0906 e. The Hall–Kier alpha value is 0.210. The number of halogens is 1. The van der Waals surface area contributed by atoms with Crippen LogP contribution in [-0.4, -0.2) is 3.92 Å². The van der Waals surface area contributed by atoms with Crippen molar-refractivity contribution in [1.82, 2.24) is 0 Å². The largest absolute Gasteiger partial charge is 0.0906 e. The van der Waals surface area contributed by atoms with Gasteiger partial charge in [0.2, 0.25) is 0 Å². The first kappa shape index (κ1) is 13.2. The summed E-state index contributed by atoms with van der Waals surface area (Å²) in [5.41, 5.74) is 0. The zero-order valence-corrected chi connectivity index (χ0v) is 11.1. The molecule has 0 aliphatic heterocycles. The van der Waals surface area contributed by atoms with E-state index in [4.69, 9.17) is 0 Å². The summed E-state index contributed by atoms with van der Waals surface area (Å²) < 4.78 is 0.684. The molecule has 0 aromatic rings. The Morgan fingerprint density at radius 1 is 1.31 bits per heavy atom. The Morgan fingerprint density at radius 3 is 2.54 bits per heavy atom. The Morgan fingerprint density at radius 2 is 2.00 bits per heavy atom. The molecule has 0 nitrogen and oxygen atoms in total. The molecule has 0 bridgehead atoms. The van der Waals surface area contributed by atoms with Gasteiger partial charge in [0, 0.05) is 3.92 Å². The van der Waals surface area contributed by atoms with Gasteiger partial charge in [-0.05, 0) is 25.7 Å². The smallest absolute Gasteiger partial charge is 0.0294 e. The van der Waals surface area contributed by atoms with Gasteiger partial charge in [0.05, 0.1) is 0 Å². The van der Waals surface area contributed by atoms with Crippen molar-refractivity contribution in [1.29, 1.82) is 0 Å². The van der Waals surface area contributed by atoms with E-state index in [0.29, 0.717) is 9.84 Å². The average Bonchev–Trinajstić information content (AvgIpc) is 2.05. The lowest BCUT2D eigenvalue weighted by atomic mass is 10.0. The van der Waals surface area contributed by atoms with E-state index in [1.165, 1.54) is 19.3 Å². The fourth-order valence-corrected chi connectivity index (χ4v) is 2.43. The van der Waals surface area contributed by atoms with Gasteiger partial charge >= 0.3 is 0 Å². The third kappa shape index (κ3) is 8.54. The molecule has 13 heavy (non-hydrogen) atoms. The third-order valence-electron chi connectivity index (χ3n) is 1.92. The van der Waals surface area contributed by atoms with Crippen LogP contribution in [0, 0.1) is 5.92 Å². The van der Waals surface area contributed by atoms with Crippen LogP contribution in [0.5, 0.6) is 0 Å². The minimum atomic E-state index is 0.684.